The van der Waals surface area contributed by atoms with Gasteiger partial charge in [0.25, 0.3) is 0 Å². The van der Waals surface area contributed by atoms with Gasteiger partial charge in [-0.15, -0.1) is 0 Å². The lowest BCUT2D eigenvalue weighted by Gasteiger charge is -2.19. The Hall–Kier alpha value is -0.860. The first-order valence-electron chi connectivity index (χ1n) is 5.95. The zero-order valence-corrected chi connectivity index (χ0v) is 10.0. The van der Waals surface area contributed by atoms with Crippen molar-refractivity contribution in [3.8, 4) is 0 Å². The number of nitrogens with one attached hydrogen (secondary N) is 1. The summed E-state index contributed by atoms with van der Waals surface area (Å²) in [5.74, 6) is 0.703. The van der Waals surface area contributed by atoms with Crippen molar-refractivity contribution in [3.63, 3.8) is 0 Å². The normalized spacial score (nSPS) is 19.3. The fraction of sp³-hybridized carbons (Fsp3) is 0.833. The summed E-state index contributed by atoms with van der Waals surface area (Å²) in [5.41, 5.74) is 3.67. The molecule has 0 aliphatic heterocycles. The van der Waals surface area contributed by atoms with Crippen LogP contribution in [-0.2, 0) is 4.79 Å². The van der Waals surface area contributed by atoms with Crippen molar-refractivity contribution >= 4 is 11.6 Å². The van der Waals surface area contributed by atoms with E-state index in [1.165, 1.54) is 19.3 Å². The number of amides is 1. The van der Waals surface area contributed by atoms with Crippen LogP contribution in [0.5, 0.6) is 0 Å². The molecule has 3 nitrogen and oxygen atoms in total. The maximum atomic E-state index is 11.7. The van der Waals surface area contributed by atoms with Crippen molar-refractivity contribution in [2.24, 2.45) is 16.9 Å². The summed E-state index contributed by atoms with van der Waals surface area (Å²) in [4.78, 5) is 11.7. The Morgan fingerprint density at radius 3 is 2.40 bits per heavy atom. The average Bonchev–Trinajstić information content (AvgIpc) is 2.26. The molecule has 0 heterocycles. The molecule has 1 N–H and O–H groups in total. The minimum absolute atomic E-state index is 0.106. The highest BCUT2D eigenvalue weighted by atomic mass is 16.2. The van der Waals surface area contributed by atoms with Gasteiger partial charge < -0.3 is 0 Å². The maximum absolute atomic E-state index is 11.7. The highest BCUT2D eigenvalue weighted by Gasteiger charge is 2.20. The first-order chi connectivity index (χ1) is 7.11. The molecule has 0 spiro atoms. The van der Waals surface area contributed by atoms with Crippen LogP contribution in [0.4, 0.5) is 0 Å². The minimum Gasteiger partial charge on any atom is -0.273 e. The lowest BCUT2D eigenvalue weighted by atomic mass is 9.89. The molecule has 1 aliphatic carbocycles. The molecule has 1 rings (SSSR count). The Morgan fingerprint density at radius 1 is 1.27 bits per heavy atom. The molecule has 0 unspecified atom stereocenters. The molecule has 3 heteroatoms. The van der Waals surface area contributed by atoms with Gasteiger partial charge in [-0.1, -0.05) is 33.1 Å². The molecule has 1 fully saturated rings. The largest absolute Gasteiger partial charge is 0.273 e. The van der Waals surface area contributed by atoms with Crippen molar-refractivity contribution in [2.75, 3.05) is 0 Å². The fourth-order valence-electron chi connectivity index (χ4n) is 1.73. The molecular formula is C12H22N2O. The van der Waals surface area contributed by atoms with Gasteiger partial charge in [0, 0.05) is 11.6 Å². The molecule has 15 heavy (non-hydrogen) atoms. The predicted octanol–water partition coefficient (Wildman–Crippen LogP) is 2.71. The van der Waals surface area contributed by atoms with E-state index in [-0.39, 0.29) is 11.8 Å². The van der Waals surface area contributed by atoms with Crippen LogP contribution in [0.2, 0.25) is 0 Å². The third kappa shape index (κ3) is 4.02. The number of hydrogen-bond acceptors (Lipinski definition) is 2. The van der Waals surface area contributed by atoms with E-state index < -0.39 is 0 Å². The summed E-state index contributed by atoms with van der Waals surface area (Å²) >= 11 is 0. The number of carbonyl (C=O) groups excluding carboxylic acids is 1. The summed E-state index contributed by atoms with van der Waals surface area (Å²) in [6, 6.07) is 0. The summed E-state index contributed by atoms with van der Waals surface area (Å²) < 4.78 is 0. The molecule has 0 aromatic rings. The summed E-state index contributed by atoms with van der Waals surface area (Å²) in [5, 5.41) is 4.12. The molecule has 0 saturated heterocycles. The Bertz CT molecular complexity index is 240. The van der Waals surface area contributed by atoms with Crippen molar-refractivity contribution in [1.82, 2.24) is 5.43 Å². The Morgan fingerprint density at radius 2 is 1.87 bits per heavy atom. The summed E-state index contributed by atoms with van der Waals surface area (Å²) in [7, 11) is 0. The van der Waals surface area contributed by atoms with E-state index in [0.29, 0.717) is 5.92 Å². The second-order valence-corrected chi connectivity index (χ2v) is 4.72. The van der Waals surface area contributed by atoms with E-state index in [4.69, 9.17) is 0 Å². The average molecular weight is 210 g/mol. The van der Waals surface area contributed by atoms with Gasteiger partial charge in [0.2, 0.25) is 5.91 Å². The number of hydrogen-bond donors (Lipinski definition) is 1. The first-order valence-corrected chi connectivity index (χ1v) is 5.95. The first kappa shape index (κ1) is 12.2. The summed E-state index contributed by atoms with van der Waals surface area (Å²) in [6.07, 6.45) is 5.71. The minimum atomic E-state index is 0.106. The zero-order chi connectivity index (χ0) is 11.3. The highest BCUT2D eigenvalue weighted by molar-refractivity contribution is 5.86. The quantitative estimate of drug-likeness (QED) is 0.564. The number of hydrazone groups is 1. The lowest BCUT2D eigenvalue weighted by Crippen LogP contribution is -2.29. The van der Waals surface area contributed by atoms with E-state index in [9.17, 15) is 4.79 Å². The van der Waals surface area contributed by atoms with Crippen molar-refractivity contribution < 1.29 is 4.79 Å². The second-order valence-electron chi connectivity index (χ2n) is 4.72. The molecule has 1 amide bonds. The molecule has 0 atom stereocenters. The second kappa shape index (κ2) is 5.89. The van der Waals surface area contributed by atoms with Gasteiger partial charge in [-0.2, -0.15) is 5.10 Å². The summed E-state index contributed by atoms with van der Waals surface area (Å²) in [6.45, 7) is 6.10. The number of rotatable bonds is 3. The predicted molar refractivity (Wildman–Crippen MR) is 62.7 cm³/mol. The lowest BCUT2D eigenvalue weighted by molar-refractivity contribution is -0.125. The van der Waals surface area contributed by atoms with Crippen LogP contribution in [0.15, 0.2) is 5.10 Å². The fourth-order valence-corrected chi connectivity index (χ4v) is 1.73. The Labute approximate surface area is 92.3 Å². The van der Waals surface area contributed by atoms with Crippen LogP contribution in [0.25, 0.3) is 0 Å². The van der Waals surface area contributed by atoms with E-state index in [1.54, 1.807) is 0 Å². The van der Waals surface area contributed by atoms with Crippen LogP contribution in [0.3, 0.4) is 0 Å². The highest BCUT2D eigenvalue weighted by Crippen LogP contribution is 2.23. The van der Waals surface area contributed by atoms with Crippen LogP contribution in [0, 0.1) is 11.8 Å². The molecular weight excluding hydrogens is 188 g/mol. The molecule has 0 aromatic heterocycles. The van der Waals surface area contributed by atoms with Crippen LogP contribution in [0.1, 0.15) is 52.9 Å². The Balaban J connectivity index is 2.37. The van der Waals surface area contributed by atoms with Gasteiger partial charge >= 0.3 is 0 Å². The maximum Gasteiger partial charge on any atom is 0.243 e. The Kier molecular flexibility index (Phi) is 4.79. The van der Waals surface area contributed by atoms with Crippen molar-refractivity contribution in [2.45, 2.75) is 52.9 Å². The molecule has 1 saturated carbocycles. The SMILES string of the molecule is CC(=NNC(=O)C1CCCCC1)C(C)C. The van der Waals surface area contributed by atoms with E-state index in [2.05, 4.69) is 24.4 Å². The van der Waals surface area contributed by atoms with Crippen molar-refractivity contribution in [1.29, 1.82) is 0 Å². The number of carbonyl (C=O) groups is 1. The van der Waals surface area contributed by atoms with Crippen molar-refractivity contribution in [3.05, 3.63) is 0 Å². The van der Waals surface area contributed by atoms with Crippen LogP contribution in [-0.4, -0.2) is 11.6 Å². The van der Waals surface area contributed by atoms with Gasteiger partial charge in [-0.25, -0.2) is 5.43 Å². The van der Waals surface area contributed by atoms with Crippen LogP contribution < -0.4 is 5.43 Å². The van der Waals surface area contributed by atoms with Gasteiger partial charge in [0.05, 0.1) is 0 Å². The van der Waals surface area contributed by atoms with E-state index in [0.717, 1.165) is 18.6 Å². The standard InChI is InChI=1S/C12H22N2O/c1-9(2)10(3)13-14-12(15)11-7-5-4-6-8-11/h9,11H,4-8H2,1-3H3,(H,14,15). The van der Waals surface area contributed by atoms with Gasteiger partial charge in [-0.05, 0) is 25.7 Å². The van der Waals surface area contributed by atoms with E-state index in [1.807, 2.05) is 6.92 Å². The third-order valence-electron chi connectivity index (χ3n) is 3.15. The third-order valence-corrected chi connectivity index (χ3v) is 3.15. The molecule has 0 radical (unpaired) electrons. The van der Waals surface area contributed by atoms with Gasteiger partial charge in [0.1, 0.15) is 0 Å². The zero-order valence-electron chi connectivity index (χ0n) is 10.0. The molecule has 86 valence electrons. The smallest absolute Gasteiger partial charge is 0.243 e. The van der Waals surface area contributed by atoms with Crippen LogP contribution >= 0.6 is 0 Å². The monoisotopic (exact) mass is 210 g/mol. The van der Waals surface area contributed by atoms with E-state index >= 15 is 0 Å². The molecule has 1 aliphatic rings. The van der Waals surface area contributed by atoms with Gasteiger partial charge in [0.15, 0.2) is 0 Å². The van der Waals surface area contributed by atoms with Gasteiger partial charge in [-0.3, -0.25) is 4.79 Å². The topological polar surface area (TPSA) is 41.5 Å². The molecule has 0 bridgehead atoms. The number of nitrogens with zero attached hydrogens (tertiary/aromatic N) is 1. The molecule has 0 aromatic carbocycles.